The molecular formula is C14H19ClN2S. The molecule has 0 spiro atoms. The molecule has 1 aromatic rings. The van der Waals surface area contributed by atoms with E-state index >= 15 is 0 Å². The van der Waals surface area contributed by atoms with Crippen LogP contribution in [-0.2, 0) is 0 Å². The second-order valence-corrected chi connectivity index (χ2v) is 6.10. The average molecular weight is 283 g/mol. The molecule has 0 amide bonds. The van der Waals surface area contributed by atoms with Crippen LogP contribution in [0.3, 0.4) is 0 Å². The molecule has 1 fully saturated rings. The van der Waals surface area contributed by atoms with E-state index in [1.807, 2.05) is 18.2 Å². The van der Waals surface area contributed by atoms with E-state index in [-0.39, 0.29) is 0 Å². The van der Waals surface area contributed by atoms with Gasteiger partial charge in [0.15, 0.2) is 0 Å². The highest BCUT2D eigenvalue weighted by atomic mass is 35.5. The monoisotopic (exact) mass is 282 g/mol. The minimum atomic E-state index is 0.389. The second kappa shape index (κ2) is 5.89. The maximum Gasteiger partial charge on any atom is 0.106 e. The third-order valence-electron chi connectivity index (χ3n) is 3.63. The normalized spacial score (nSPS) is 23.0. The number of halogens is 1. The first-order valence-electron chi connectivity index (χ1n) is 6.39. The Balaban J connectivity index is 2.02. The molecule has 0 saturated heterocycles. The number of rotatable bonds is 4. The fourth-order valence-corrected chi connectivity index (χ4v) is 2.98. The number of nitrogens with two attached hydrogens (primary N) is 1. The highest BCUT2D eigenvalue weighted by Gasteiger charge is 2.21. The molecule has 0 bridgehead atoms. The van der Waals surface area contributed by atoms with Gasteiger partial charge in [-0.15, -0.1) is 0 Å². The summed E-state index contributed by atoms with van der Waals surface area (Å²) in [6, 6.07) is 5.64. The fourth-order valence-electron chi connectivity index (χ4n) is 2.64. The minimum absolute atomic E-state index is 0.389. The summed E-state index contributed by atoms with van der Waals surface area (Å²) in [5, 5.41) is 4.12. The lowest BCUT2D eigenvalue weighted by Gasteiger charge is -2.15. The first-order chi connectivity index (χ1) is 8.56. The maximum atomic E-state index is 5.96. The van der Waals surface area contributed by atoms with Crippen LogP contribution >= 0.6 is 23.8 Å². The van der Waals surface area contributed by atoms with Crippen molar-refractivity contribution in [2.45, 2.75) is 26.2 Å². The van der Waals surface area contributed by atoms with Crippen molar-refractivity contribution < 1.29 is 0 Å². The standard InChI is InChI=1S/C14H19ClN2S/c1-9-2-3-10(6-9)8-17-13-5-4-11(15)7-12(13)14(16)18/h4-5,7,9-10,17H,2-3,6,8H2,1H3,(H2,16,18). The van der Waals surface area contributed by atoms with Gasteiger partial charge in [-0.25, -0.2) is 0 Å². The molecule has 3 N–H and O–H groups in total. The van der Waals surface area contributed by atoms with E-state index in [0.29, 0.717) is 10.0 Å². The van der Waals surface area contributed by atoms with Crippen molar-refractivity contribution in [3.05, 3.63) is 28.8 Å². The van der Waals surface area contributed by atoms with Gasteiger partial charge in [-0.3, -0.25) is 0 Å². The van der Waals surface area contributed by atoms with Crippen LogP contribution in [0.5, 0.6) is 0 Å². The van der Waals surface area contributed by atoms with Crippen LogP contribution in [0.15, 0.2) is 18.2 Å². The lowest BCUT2D eigenvalue weighted by atomic mass is 10.1. The smallest absolute Gasteiger partial charge is 0.106 e. The number of benzene rings is 1. The highest BCUT2D eigenvalue weighted by molar-refractivity contribution is 7.80. The Labute approximate surface area is 119 Å². The number of thiocarbonyl (C=S) groups is 1. The predicted octanol–water partition coefficient (Wildman–Crippen LogP) is 3.82. The van der Waals surface area contributed by atoms with E-state index in [1.165, 1.54) is 19.3 Å². The molecule has 1 aromatic carbocycles. The third kappa shape index (κ3) is 3.36. The summed E-state index contributed by atoms with van der Waals surface area (Å²) >= 11 is 11.0. The molecule has 18 heavy (non-hydrogen) atoms. The van der Waals surface area contributed by atoms with Gasteiger partial charge in [0, 0.05) is 22.8 Å². The van der Waals surface area contributed by atoms with Crippen LogP contribution in [0, 0.1) is 11.8 Å². The van der Waals surface area contributed by atoms with E-state index in [4.69, 9.17) is 29.6 Å². The number of hydrogen-bond donors (Lipinski definition) is 2. The van der Waals surface area contributed by atoms with Crippen LogP contribution in [0.1, 0.15) is 31.7 Å². The summed E-state index contributed by atoms with van der Waals surface area (Å²) in [6.45, 7) is 3.31. The van der Waals surface area contributed by atoms with Gasteiger partial charge < -0.3 is 11.1 Å². The Hall–Kier alpha value is -0.800. The summed E-state index contributed by atoms with van der Waals surface area (Å²) in [5.41, 5.74) is 7.55. The van der Waals surface area contributed by atoms with Gasteiger partial charge in [-0.05, 0) is 42.9 Å². The number of nitrogens with one attached hydrogen (secondary N) is 1. The SMILES string of the molecule is CC1CCC(CNc2ccc(Cl)cc2C(N)=S)C1. The highest BCUT2D eigenvalue weighted by Crippen LogP contribution is 2.31. The summed E-state index contributed by atoms with van der Waals surface area (Å²) in [6.07, 6.45) is 3.96. The van der Waals surface area contributed by atoms with E-state index in [2.05, 4.69) is 12.2 Å². The molecule has 4 heteroatoms. The van der Waals surface area contributed by atoms with Gasteiger partial charge in [0.1, 0.15) is 4.99 Å². The zero-order valence-electron chi connectivity index (χ0n) is 10.6. The van der Waals surface area contributed by atoms with Crippen LogP contribution in [-0.4, -0.2) is 11.5 Å². The quantitative estimate of drug-likeness (QED) is 0.825. The van der Waals surface area contributed by atoms with Crippen molar-refractivity contribution in [3.63, 3.8) is 0 Å². The summed E-state index contributed by atoms with van der Waals surface area (Å²) in [4.78, 5) is 0.389. The molecule has 0 heterocycles. The van der Waals surface area contributed by atoms with Crippen LogP contribution < -0.4 is 11.1 Å². The first kappa shape index (κ1) is 13.6. The van der Waals surface area contributed by atoms with E-state index in [9.17, 15) is 0 Å². The van der Waals surface area contributed by atoms with Crippen molar-refractivity contribution in [1.29, 1.82) is 0 Å². The van der Waals surface area contributed by atoms with Gasteiger partial charge >= 0.3 is 0 Å². The lowest BCUT2D eigenvalue weighted by Crippen LogP contribution is -2.16. The average Bonchev–Trinajstić information content (AvgIpc) is 2.73. The van der Waals surface area contributed by atoms with Gasteiger partial charge in [0.2, 0.25) is 0 Å². The van der Waals surface area contributed by atoms with Crippen molar-refractivity contribution >= 4 is 34.5 Å². The fraction of sp³-hybridized carbons (Fsp3) is 0.500. The molecule has 2 atom stereocenters. The molecule has 98 valence electrons. The Morgan fingerprint density at radius 2 is 2.28 bits per heavy atom. The Kier molecular flexibility index (Phi) is 4.46. The van der Waals surface area contributed by atoms with Gasteiger partial charge in [-0.1, -0.05) is 37.2 Å². The van der Waals surface area contributed by atoms with Gasteiger partial charge in [-0.2, -0.15) is 0 Å². The summed E-state index contributed by atoms with van der Waals surface area (Å²) in [7, 11) is 0. The van der Waals surface area contributed by atoms with Gasteiger partial charge in [0.05, 0.1) is 0 Å². The zero-order chi connectivity index (χ0) is 13.1. The largest absolute Gasteiger partial charge is 0.389 e. The lowest BCUT2D eigenvalue weighted by molar-refractivity contribution is 0.537. The maximum absolute atomic E-state index is 5.96. The Morgan fingerprint density at radius 1 is 1.50 bits per heavy atom. The topological polar surface area (TPSA) is 38.0 Å². The molecule has 0 radical (unpaired) electrons. The van der Waals surface area contributed by atoms with Crippen LogP contribution in [0.2, 0.25) is 5.02 Å². The molecule has 2 unspecified atom stereocenters. The molecule has 0 aliphatic heterocycles. The Morgan fingerprint density at radius 3 is 2.89 bits per heavy atom. The summed E-state index contributed by atoms with van der Waals surface area (Å²) in [5.74, 6) is 1.62. The zero-order valence-corrected chi connectivity index (χ0v) is 12.2. The molecule has 0 aromatic heterocycles. The van der Waals surface area contributed by atoms with Gasteiger partial charge in [0.25, 0.3) is 0 Å². The second-order valence-electron chi connectivity index (χ2n) is 5.22. The van der Waals surface area contributed by atoms with E-state index in [0.717, 1.165) is 29.6 Å². The molecule has 2 nitrogen and oxygen atoms in total. The third-order valence-corrected chi connectivity index (χ3v) is 4.09. The van der Waals surface area contributed by atoms with Crippen molar-refractivity contribution in [1.82, 2.24) is 0 Å². The molecule has 2 rings (SSSR count). The molecular weight excluding hydrogens is 264 g/mol. The predicted molar refractivity (Wildman–Crippen MR) is 82.3 cm³/mol. The first-order valence-corrected chi connectivity index (χ1v) is 7.18. The van der Waals surface area contributed by atoms with Crippen molar-refractivity contribution in [3.8, 4) is 0 Å². The number of hydrogen-bond acceptors (Lipinski definition) is 2. The minimum Gasteiger partial charge on any atom is -0.389 e. The molecule has 1 aliphatic rings. The van der Waals surface area contributed by atoms with Crippen molar-refractivity contribution in [2.75, 3.05) is 11.9 Å². The number of anilines is 1. The van der Waals surface area contributed by atoms with E-state index < -0.39 is 0 Å². The van der Waals surface area contributed by atoms with Crippen LogP contribution in [0.25, 0.3) is 0 Å². The Bertz CT molecular complexity index is 447. The summed E-state index contributed by atoms with van der Waals surface area (Å²) < 4.78 is 0. The molecule has 1 aliphatic carbocycles. The molecule has 1 saturated carbocycles. The van der Waals surface area contributed by atoms with Crippen molar-refractivity contribution in [2.24, 2.45) is 17.6 Å². The van der Waals surface area contributed by atoms with E-state index in [1.54, 1.807) is 0 Å². The van der Waals surface area contributed by atoms with Crippen LogP contribution in [0.4, 0.5) is 5.69 Å².